The zero-order chi connectivity index (χ0) is 13.1. The Bertz CT molecular complexity index is 483. The van der Waals surface area contributed by atoms with Crippen molar-refractivity contribution < 1.29 is 18.6 Å². The summed E-state index contributed by atoms with van der Waals surface area (Å²) in [7, 11) is -1.14. The first kappa shape index (κ1) is 12.9. The number of nitrogens with zero attached hydrogens (tertiary/aromatic N) is 1. The highest BCUT2D eigenvalue weighted by Crippen LogP contribution is 2.22. The lowest BCUT2D eigenvalue weighted by molar-refractivity contribution is -0.0888. The molecule has 0 bridgehead atoms. The van der Waals surface area contributed by atoms with Crippen LogP contribution in [-0.2, 0) is 15.8 Å². The van der Waals surface area contributed by atoms with Crippen LogP contribution in [0.1, 0.15) is 20.7 Å². The number of rotatable bonds is 5. The molecule has 0 saturated heterocycles. The maximum absolute atomic E-state index is 11.8. The Hall–Kier alpha value is -1.57. The first-order chi connectivity index (χ1) is 8.61. The van der Waals surface area contributed by atoms with Gasteiger partial charge >= 0.3 is 0 Å². The Balaban J connectivity index is 1.99. The van der Waals surface area contributed by atoms with Crippen LogP contribution < -0.4 is 4.72 Å². The molecule has 0 saturated carbocycles. The quantitative estimate of drug-likeness (QED) is 0.607. The number of imide groups is 1. The van der Waals surface area contributed by atoms with Gasteiger partial charge in [-0.1, -0.05) is 12.1 Å². The molecule has 0 radical (unpaired) electrons. The van der Waals surface area contributed by atoms with Crippen molar-refractivity contribution in [1.29, 1.82) is 0 Å². The maximum atomic E-state index is 11.8. The van der Waals surface area contributed by atoms with E-state index in [-0.39, 0.29) is 13.2 Å². The Morgan fingerprint density at radius 3 is 2.28 bits per heavy atom. The fraction of sp³-hybridized carbons (Fsp3) is 0.273. The highest BCUT2D eigenvalue weighted by atomic mass is 32.2. The van der Waals surface area contributed by atoms with Gasteiger partial charge in [-0.3, -0.25) is 14.4 Å². The second kappa shape index (κ2) is 5.38. The smallest absolute Gasteiger partial charge is 0.266 e. The van der Waals surface area contributed by atoms with E-state index in [4.69, 9.17) is 4.84 Å². The summed E-state index contributed by atoms with van der Waals surface area (Å²) in [5, 5.41) is 0.741. The molecule has 1 aliphatic rings. The van der Waals surface area contributed by atoms with Gasteiger partial charge in [0.15, 0.2) is 0 Å². The number of hydroxylamine groups is 2. The maximum Gasteiger partial charge on any atom is 0.285 e. The lowest BCUT2D eigenvalue weighted by Gasteiger charge is -2.12. The average molecular weight is 268 g/mol. The van der Waals surface area contributed by atoms with Crippen LogP contribution >= 0.6 is 0 Å². The fourth-order valence-electron chi connectivity index (χ4n) is 1.61. The number of carbonyl (C=O) groups is 2. The van der Waals surface area contributed by atoms with Crippen LogP contribution in [0.3, 0.4) is 0 Å². The Morgan fingerprint density at radius 2 is 1.78 bits per heavy atom. The number of fused-ring (bicyclic) bond motifs is 1. The van der Waals surface area contributed by atoms with Gasteiger partial charge in [-0.05, 0) is 12.1 Å². The summed E-state index contributed by atoms with van der Waals surface area (Å²) in [5.41, 5.74) is 0.684. The number of benzene rings is 1. The van der Waals surface area contributed by atoms with E-state index in [1.54, 1.807) is 24.3 Å². The summed E-state index contributed by atoms with van der Waals surface area (Å²) in [6.07, 6.45) is 1.49. The molecule has 0 fully saturated rings. The standard InChI is InChI=1S/C11H12N2O4S/c1-18(16)12-6-7-17-13-10(14)8-4-2-3-5-9(8)11(13)15/h2-5,12H,6-7H2,1H3. The topological polar surface area (TPSA) is 75.7 Å². The van der Waals surface area contributed by atoms with E-state index in [1.165, 1.54) is 6.26 Å². The first-order valence-electron chi connectivity index (χ1n) is 5.29. The van der Waals surface area contributed by atoms with Crippen LogP contribution in [0.4, 0.5) is 0 Å². The predicted molar refractivity (Wildman–Crippen MR) is 65.0 cm³/mol. The molecule has 1 N–H and O–H groups in total. The Morgan fingerprint density at radius 1 is 1.22 bits per heavy atom. The van der Waals surface area contributed by atoms with Gasteiger partial charge in [0.25, 0.3) is 11.8 Å². The molecule has 7 heteroatoms. The summed E-state index contributed by atoms with van der Waals surface area (Å²) >= 11 is 0. The van der Waals surface area contributed by atoms with Crippen molar-refractivity contribution in [2.75, 3.05) is 19.4 Å². The number of nitrogens with one attached hydrogen (secondary N) is 1. The van der Waals surface area contributed by atoms with Gasteiger partial charge in [0.1, 0.15) is 0 Å². The van der Waals surface area contributed by atoms with E-state index >= 15 is 0 Å². The summed E-state index contributed by atoms with van der Waals surface area (Å²) in [6.45, 7) is 0.377. The molecule has 1 unspecified atom stereocenters. The molecule has 0 aliphatic carbocycles. The predicted octanol–water partition coefficient (Wildman–Crippen LogP) is 0.0973. The molecular weight excluding hydrogens is 256 g/mol. The Labute approximate surface area is 106 Å². The first-order valence-corrected chi connectivity index (χ1v) is 6.84. The molecule has 1 heterocycles. The van der Waals surface area contributed by atoms with Crippen LogP contribution in [0.2, 0.25) is 0 Å². The molecule has 6 nitrogen and oxygen atoms in total. The molecule has 2 amide bonds. The Kier molecular flexibility index (Phi) is 3.85. The van der Waals surface area contributed by atoms with E-state index < -0.39 is 22.8 Å². The molecule has 1 atom stereocenters. The lowest BCUT2D eigenvalue weighted by atomic mass is 10.1. The van der Waals surface area contributed by atoms with Crippen molar-refractivity contribution in [3.63, 3.8) is 0 Å². The van der Waals surface area contributed by atoms with E-state index in [9.17, 15) is 13.8 Å². The van der Waals surface area contributed by atoms with Gasteiger partial charge in [-0.25, -0.2) is 8.93 Å². The second-order valence-corrected chi connectivity index (χ2v) is 4.83. The van der Waals surface area contributed by atoms with Gasteiger partial charge in [-0.15, -0.1) is 5.06 Å². The van der Waals surface area contributed by atoms with Crippen LogP contribution in [0, 0.1) is 0 Å². The summed E-state index contributed by atoms with van der Waals surface area (Å²) in [6, 6.07) is 6.54. The highest BCUT2D eigenvalue weighted by Gasteiger charge is 2.36. The second-order valence-electron chi connectivity index (χ2n) is 3.63. The minimum Gasteiger partial charge on any atom is -0.266 e. The summed E-state index contributed by atoms with van der Waals surface area (Å²) < 4.78 is 13.4. The number of hydrogen-bond donors (Lipinski definition) is 1. The summed E-state index contributed by atoms with van der Waals surface area (Å²) in [5.74, 6) is -0.929. The van der Waals surface area contributed by atoms with Gasteiger partial charge in [0, 0.05) is 12.8 Å². The zero-order valence-electron chi connectivity index (χ0n) is 9.71. The highest BCUT2D eigenvalue weighted by molar-refractivity contribution is 7.82. The number of hydrogen-bond acceptors (Lipinski definition) is 4. The van der Waals surface area contributed by atoms with Gasteiger partial charge in [-0.2, -0.15) is 0 Å². The largest absolute Gasteiger partial charge is 0.285 e. The zero-order valence-corrected chi connectivity index (χ0v) is 10.5. The SMILES string of the molecule is CS(=O)NCCON1C(=O)c2ccccc2C1=O. The summed E-state index contributed by atoms with van der Waals surface area (Å²) in [4.78, 5) is 28.8. The van der Waals surface area contributed by atoms with Crippen molar-refractivity contribution in [1.82, 2.24) is 9.79 Å². The fourth-order valence-corrected chi connectivity index (χ4v) is 1.98. The average Bonchev–Trinajstić information content (AvgIpc) is 2.59. The number of carbonyl (C=O) groups excluding carboxylic acids is 2. The third-order valence-corrected chi connectivity index (χ3v) is 3.00. The van der Waals surface area contributed by atoms with E-state index in [0.717, 1.165) is 5.06 Å². The molecule has 1 aromatic carbocycles. The molecule has 2 rings (SSSR count). The molecule has 1 aliphatic heterocycles. The van der Waals surface area contributed by atoms with Crippen LogP contribution in [0.25, 0.3) is 0 Å². The van der Waals surface area contributed by atoms with Crippen LogP contribution in [-0.4, -0.2) is 40.5 Å². The van der Waals surface area contributed by atoms with Crippen molar-refractivity contribution in [3.05, 3.63) is 35.4 Å². The molecular formula is C11H12N2O4S. The van der Waals surface area contributed by atoms with Crippen molar-refractivity contribution >= 4 is 22.8 Å². The lowest BCUT2D eigenvalue weighted by Crippen LogP contribution is -2.33. The third-order valence-electron chi connectivity index (χ3n) is 2.38. The van der Waals surface area contributed by atoms with Crippen LogP contribution in [0.15, 0.2) is 24.3 Å². The minimum absolute atomic E-state index is 0.0883. The number of amides is 2. The van der Waals surface area contributed by atoms with Crippen molar-refractivity contribution in [3.8, 4) is 0 Å². The molecule has 18 heavy (non-hydrogen) atoms. The third kappa shape index (κ3) is 2.47. The van der Waals surface area contributed by atoms with Gasteiger partial charge < -0.3 is 0 Å². The van der Waals surface area contributed by atoms with E-state index in [2.05, 4.69) is 4.72 Å². The van der Waals surface area contributed by atoms with Gasteiger partial charge in [0.05, 0.1) is 28.7 Å². The van der Waals surface area contributed by atoms with E-state index in [0.29, 0.717) is 11.1 Å². The normalized spacial score (nSPS) is 15.9. The van der Waals surface area contributed by atoms with Crippen LogP contribution in [0.5, 0.6) is 0 Å². The molecule has 1 aromatic rings. The molecule has 0 spiro atoms. The van der Waals surface area contributed by atoms with Crippen molar-refractivity contribution in [2.24, 2.45) is 0 Å². The molecule has 96 valence electrons. The van der Waals surface area contributed by atoms with E-state index in [1.807, 2.05) is 0 Å². The minimum atomic E-state index is -1.14. The molecule has 0 aromatic heterocycles. The monoisotopic (exact) mass is 268 g/mol. The van der Waals surface area contributed by atoms with Crippen molar-refractivity contribution in [2.45, 2.75) is 0 Å². The van der Waals surface area contributed by atoms with Gasteiger partial charge in [0.2, 0.25) is 0 Å².